The van der Waals surface area contributed by atoms with Gasteiger partial charge < -0.3 is 10.1 Å². The van der Waals surface area contributed by atoms with Crippen molar-refractivity contribution in [2.45, 2.75) is 39.3 Å². The summed E-state index contributed by atoms with van der Waals surface area (Å²) in [7, 11) is 2.00. The van der Waals surface area contributed by atoms with Crippen molar-refractivity contribution >= 4 is 0 Å². The van der Waals surface area contributed by atoms with Gasteiger partial charge in [0, 0.05) is 32.0 Å². The number of nitrogens with one attached hydrogen (secondary N) is 1. The van der Waals surface area contributed by atoms with Crippen LogP contribution >= 0.6 is 0 Å². The molecule has 1 unspecified atom stereocenters. The fourth-order valence-corrected chi connectivity index (χ4v) is 1.69. The Morgan fingerprint density at radius 1 is 1.50 bits per heavy atom. The van der Waals surface area contributed by atoms with Gasteiger partial charge in [-0.3, -0.25) is 4.68 Å². The number of likely N-dealkylation sites (N-methyl/N-ethyl adjacent to an activating group) is 1. The molecule has 0 aliphatic heterocycles. The van der Waals surface area contributed by atoms with Crippen LogP contribution in [0.25, 0.3) is 0 Å². The van der Waals surface area contributed by atoms with E-state index in [-0.39, 0.29) is 0 Å². The molecule has 1 N–H and O–H groups in total. The number of hydrogen-bond donors (Lipinski definition) is 1. The van der Waals surface area contributed by atoms with Crippen LogP contribution in [-0.2, 0) is 17.7 Å². The molecule has 0 fully saturated rings. The van der Waals surface area contributed by atoms with Crippen LogP contribution in [0.2, 0.25) is 0 Å². The van der Waals surface area contributed by atoms with E-state index in [1.165, 1.54) is 5.56 Å². The lowest BCUT2D eigenvalue weighted by Gasteiger charge is -2.14. The zero-order valence-electron chi connectivity index (χ0n) is 10.6. The van der Waals surface area contributed by atoms with Crippen LogP contribution in [0.15, 0.2) is 12.4 Å². The Morgan fingerprint density at radius 2 is 2.31 bits per heavy atom. The van der Waals surface area contributed by atoms with Crippen molar-refractivity contribution in [3.8, 4) is 0 Å². The number of aryl methyl sites for hydroxylation is 1. The van der Waals surface area contributed by atoms with Crippen LogP contribution in [0.4, 0.5) is 0 Å². The Morgan fingerprint density at radius 3 is 2.88 bits per heavy atom. The Labute approximate surface area is 98.0 Å². The molecule has 16 heavy (non-hydrogen) atoms. The Kier molecular flexibility index (Phi) is 6.11. The highest BCUT2D eigenvalue weighted by Gasteiger charge is 2.08. The summed E-state index contributed by atoms with van der Waals surface area (Å²) in [5, 5.41) is 7.60. The highest BCUT2D eigenvalue weighted by Crippen LogP contribution is 2.05. The molecule has 1 aromatic heterocycles. The van der Waals surface area contributed by atoms with Gasteiger partial charge in [0.1, 0.15) is 0 Å². The standard InChI is InChI=1S/C12H23N3O/c1-4-15-10-11(9-14-15)8-12(13-3)6-7-16-5-2/h9-10,12-13H,4-8H2,1-3H3. The van der Waals surface area contributed by atoms with Crippen LogP contribution in [0.1, 0.15) is 25.8 Å². The van der Waals surface area contributed by atoms with E-state index in [1.54, 1.807) is 0 Å². The van der Waals surface area contributed by atoms with Gasteiger partial charge in [-0.1, -0.05) is 0 Å². The lowest BCUT2D eigenvalue weighted by molar-refractivity contribution is 0.137. The lowest BCUT2D eigenvalue weighted by Crippen LogP contribution is -2.28. The van der Waals surface area contributed by atoms with E-state index in [0.717, 1.165) is 32.6 Å². The quantitative estimate of drug-likeness (QED) is 0.681. The number of aromatic nitrogens is 2. The topological polar surface area (TPSA) is 39.1 Å². The summed E-state index contributed by atoms with van der Waals surface area (Å²) in [6, 6.07) is 0.473. The molecule has 0 amide bonds. The summed E-state index contributed by atoms with van der Waals surface area (Å²) in [5.74, 6) is 0. The van der Waals surface area contributed by atoms with E-state index in [0.29, 0.717) is 6.04 Å². The van der Waals surface area contributed by atoms with Crippen molar-refractivity contribution in [2.24, 2.45) is 0 Å². The molecule has 4 heteroatoms. The van der Waals surface area contributed by atoms with Crippen LogP contribution in [0.3, 0.4) is 0 Å². The summed E-state index contributed by atoms with van der Waals surface area (Å²) in [6.07, 6.45) is 6.13. The maximum Gasteiger partial charge on any atom is 0.0522 e. The van der Waals surface area contributed by atoms with Crippen molar-refractivity contribution < 1.29 is 4.74 Å². The number of rotatable bonds is 8. The number of ether oxygens (including phenoxy) is 1. The smallest absolute Gasteiger partial charge is 0.0522 e. The van der Waals surface area contributed by atoms with Crippen molar-refractivity contribution in [3.05, 3.63) is 18.0 Å². The molecule has 4 nitrogen and oxygen atoms in total. The Balaban J connectivity index is 2.36. The van der Waals surface area contributed by atoms with Gasteiger partial charge in [-0.2, -0.15) is 5.10 Å². The zero-order valence-corrected chi connectivity index (χ0v) is 10.6. The molecule has 0 saturated carbocycles. The van der Waals surface area contributed by atoms with Crippen molar-refractivity contribution in [2.75, 3.05) is 20.3 Å². The first kappa shape index (κ1) is 13.2. The third kappa shape index (κ3) is 4.33. The van der Waals surface area contributed by atoms with E-state index in [2.05, 4.69) is 23.5 Å². The molecule has 1 rings (SSSR count). The maximum atomic E-state index is 5.37. The van der Waals surface area contributed by atoms with Crippen molar-refractivity contribution in [1.29, 1.82) is 0 Å². The van der Waals surface area contributed by atoms with Gasteiger partial charge in [0.25, 0.3) is 0 Å². The molecular formula is C12H23N3O. The third-order valence-electron chi connectivity index (χ3n) is 2.72. The first-order valence-electron chi connectivity index (χ1n) is 6.06. The summed E-state index contributed by atoms with van der Waals surface area (Å²) in [6.45, 7) is 6.68. The van der Waals surface area contributed by atoms with Gasteiger partial charge in [0.2, 0.25) is 0 Å². The van der Waals surface area contributed by atoms with Crippen LogP contribution < -0.4 is 5.32 Å². The minimum absolute atomic E-state index is 0.473. The largest absolute Gasteiger partial charge is 0.382 e. The van der Waals surface area contributed by atoms with Crippen LogP contribution in [0.5, 0.6) is 0 Å². The fraction of sp³-hybridized carbons (Fsp3) is 0.750. The average Bonchev–Trinajstić information content (AvgIpc) is 2.75. The molecule has 0 aliphatic carbocycles. The predicted molar refractivity (Wildman–Crippen MR) is 65.6 cm³/mol. The van der Waals surface area contributed by atoms with Crippen molar-refractivity contribution in [3.63, 3.8) is 0 Å². The van der Waals surface area contributed by atoms with E-state index >= 15 is 0 Å². The van der Waals surface area contributed by atoms with E-state index in [4.69, 9.17) is 4.74 Å². The monoisotopic (exact) mass is 225 g/mol. The van der Waals surface area contributed by atoms with Crippen molar-refractivity contribution in [1.82, 2.24) is 15.1 Å². The first-order chi connectivity index (χ1) is 7.80. The first-order valence-corrected chi connectivity index (χ1v) is 6.06. The lowest BCUT2D eigenvalue weighted by atomic mass is 10.1. The predicted octanol–water partition coefficient (Wildman–Crippen LogP) is 1.46. The molecule has 0 spiro atoms. The molecular weight excluding hydrogens is 202 g/mol. The van der Waals surface area contributed by atoms with Gasteiger partial charge in [0.15, 0.2) is 0 Å². The summed E-state index contributed by atoms with van der Waals surface area (Å²) >= 11 is 0. The molecule has 92 valence electrons. The summed E-state index contributed by atoms with van der Waals surface area (Å²) in [5.41, 5.74) is 1.29. The SMILES string of the molecule is CCOCCC(Cc1cnn(CC)c1)NC. The minimum atomic E-state index is 0.473. The maximum absolute atomic E-state index is 5.37. The zero-order chi connectivity index (χ0) is 11.8. The van der Waals surface area contributed by atoms with Gasteiger partial charge in [-0.25, -0.2) is 0 Å². The number of nitrogens with zero attached hydrogens (tertiary/aromatic N) is 2. The minimum Gasteiger partial charge on any atom is -0.382 e. The molecule has 1 atom stereocenters. The number of hydrogen-bond acceptors (Lipinski definition) is 3. The molecule has 0 aliphatic rings. The van der Waals surface area contributed by atoms with Gasteiger partial charge in [-0.05, 0) is 39.3 Å². The molecule has 0 aromatic carbocycles. The van der Waals surface area contributed by atoms with E-state index in [1.807, 2.05) is 24.9 Å². The van der Waals surface area contributed by atoms with Gasteiger partial charge in [0.05, 0.1) is 6.20 Å². The van der Waals surface area contributed by atoms with Crippen LogP contribution in [-0.4, -0.2) is 36.1 Å². The van der Waals surface area contributed by atoms with Gasteiger partial charge in [-0.15, -0.1) is 0 Å². The Hall–Kier alpha value is -0.870. The van der Waals surface area contributed by atoms with Gasteiger partial charge >= 0.3 is 0 Å². The van der Waals surface area contributed by atoms with E-state index in [9.17, 15) is 0 Å². The second-order valence-corrected chi connectivity index (χ2v) is 3.88. The molecule has 1 aromatic rings. The highest BCUT2D eigenvalue weighted by atomic mass is 16.5. The van der Waals surface area contributed by atoms with Crippen LogP contribution in [0, 0.1) is 0 Å². The summed E-state index contributed by atoms with van der Waals surface area (Å²) in [4.78, 5) is 0. The third-order valence-corrected chi connectivity index (χ3v) is 2.72. The summed E-state index contributed by atoms with van der Waals surface area (Å²) < 4.78 is 7.33. The fourth-order valence-electron chi connectivity index (χ4n) is 1.69. The van der Waals surface area contributed by atoms with E-state index < -0.39 is 0 Å². The average molecular weight is 225 g/mol. The Bertz CT molecular complexity index is 286. The molecule has 0 radical (unpaired) electrons. The second-order valence-electron chi connectivity index (χ2n) is 3.88. The molecule has 0 bridgehead atoms. The highest BCUT2D eigenvalue weighted by molar-refractivity contribution is 5.06. The molecule has 1 heterocycles. The molecule has 0 saturated heterocycles. The normalized spacial score (nSPS) is 12.9. The second kappa shape index (κ2) is 7.41.